The normalized spacial score (nSPS) is 17.5. The van der Waals surface area contributed by atoms with Crippen LogP contribution in [0.4, 0.5) is 0 Å². The van der Waals surface area contributed by atoms with E-state index in [1.54, 1.807) is 12.1 Å². The number of nitrogens with one attached hydrogen (secondary N) is 2. The van der Waals surface area contributed by atoms with Crippen LogP contribution in [0.15, 0.2) is 59.6 Å². The fourth-order valence-electron chi connectivity index (χ4n) is 3.85. The Morgan fingerprint density at radius 2 is 1.74 bits per heavy atom. The Kier molecular flexibility index (Phi) is 11.1. The minimum absolute atomic E-state index is 0. The molecule has 0 aliphatic carbocycles. The number of rotatable bonds is 7. The molecule has 2 unspecified atom stereocenters. The first-order chi connectivity index (χ1) is 14.6. The molecule has 0 saturated carbocycles. The van der Waals surface area contributed by atoms with Crippen LogP contribution in [0.3, 0.4) is 0 Å². The first-order valence-electron chi connectivity index (χ1n) is 10.8. The van der Waals surface area contributed by atoms with Gasteiger partial charge in [0.1, 0.15) is 0 Å². The number of benzene rings is 2. The van der Waals surface area contributed by atoms with Crippen LogP contribution in [0.25, 0.3) is 0 Å². The lowest BCUT2D eigenvalue weighted by atomic mass is 10.0. The highest BCUT2D eigenvalue weighted by molar-refractivity contribution is 14.0. The summed E-state index contributed by atoms with van der Waals surface area (Å²) >= 11 is 5.93. The molecule has 3 N–H and O–H groups in total. The van der Waals surface area contributed by atoms with Crippen molar-refractivity contribution in [3.8, 4) is 0 Å². The number of hydrogen-bond donors (Lipinski definition) is 3. The predicted molar refractivity (Wildman–Crippen MR) is 140 cm³/mol. The summed E-state index contributed by atoms with van der Waals surface area (Å²) in [5.74, 6) is 0.764. The molecule has 170 valence electrons. The summed E-state index contributed by atoms with van der Waals surface area (Å²) < 4.78 is 0. The molecule has 31 heavy (non-hydrogen) atoms. The molecular weight excluding hydrogens is 523 g/mol. The van der Waals surface area contributed by atoms with Crippen molar-refractivity contribution in [3.63, 3.8) is 0 Å². The Balaban J connectivity index is 0.00000341. The Morgan fingerprint density at radius 3 is 2.35 bits per heavy atom. The van der Waals surface area contributed by atoms with Crippen molar-refractivity contribution in [2.24, 2.45) is 4.99 Å². The predicted octanol–water partition coefficient (Wildman–Crippen LogP) is 4.77. The Labute approximate surface area is 208 Å². The van der Waals surface area contributed by atoms with Gasteiger partial charge in [-0.3, -0.25) is 9.89 Å². The molecule has 0 spiro atoms. The maximum Gasteiger partial charge on any atom is 0.191 e. The molecule has 3 rings (SSSR count). The first kappa shape index (κ1) is 25.9. The summed E-state index contributed by atoms with van der Waals surface area (Å²) in [4.78, 5) is 7.15. The number of nitrogens with zero attached hydrogens (tertiary/aromatic N) is 2. The average molecular weight is 557 g/mol. The fraction of sp³-hybridized carbons (Fsp3) is 0.458. The molecule has 2 atom stereocenters. The number of guanidine groups is 1. The molecule has 1 fully saturated rings. The third kappa shape index (κ3) is 7.93. The van der Waals surface area contributed by atoms with Gasteiger partial charge in [0.2, 0.25) is 0 Å². The number of likely N-dealkylation sites (tertiary alicyclic amines) is 1. The van der Waals surface area contributed by atoms with Crippen LogP contribution >= 0.6 is 35.6 Å². The van der Waals surface area contributed by atoms with Crippen LogP contribution in [0, 0.1) is 0 Å². The highest BCUT2D eigenvalue weighted by Gasteiger charge is 2.24. The highest BCUT2D eigenvalue weighted by atomic mass is 127. The van der Waals surface area contributed by atoms with Gasteiger partial charge in [-0.05, 0) is 49.9 Å². The van der Waals surface area contributed by atoms with E-state index in [-0.39, 0.29) is 24.0 Å². The van der Waals surface area contributed by atoms with Crippen LogP contribution in [0.2, 0.25) is 5.02 Å². The van der Waals surface area contributed by atoms with Gasteiger partial charge >= 0.3 is 0 Å². The average Bonchev–Trinajstić information content (AvgIpc) is 2.78. The van der Waals surface area contributed by atoms with Gasteiger partial charge in [-0.25, -0.2) is 0 Å². The van der Waals surface area contributed by atoms with Crippen molar-refractivity contribution in [1.29, 1.82) is 0 Å². The van der Waals surface area contributed by atoms with E-state index in [0.717, 1.165) is 44.0 Å². The molecule has 5 nitrogen and oxygen atoms in total. The van der Waals surface area contributed by atoms with E-state index in [1.165, 1.54) is 5.56 Å². The lowest BCUT2D eigenvalue weighted by Gasteiger charge is -2.37. The molecule has 2 aromatic rings. The van der Waals surface area contributed by atoms with Crippen LogP contribution in [-0.2, 0) is 0 Å². The Morgan fingerprint density at radius 1 is 1.10 bits per heavy atom. The van der Waals surface area contributed by atoms with Crippen LogP contribution in [0.1, 0.15) is 50.0 Å². The second kappa shape index (κ2) is 13.3. The van der Waals surface area contributed by atoms with E-state index < -0.39 is 6.10 Å². The number of halogens is 2. The second-order valence-electron chi connectivity index (χ2n) is 7.83. The van der Waals surface area contributed by atoms with Gasteiger partial charge in [0.25, 0.3) is 0 Å². The number of hydrogen-bond acceptors (Lipinski definition) is 3. The molecule has 7 heteroatoms. The smallest absolute Gasteiger partial charge is 0.191 e. The Bertz CT molecular complexity index is 795. The largest absolute Gasteiger partial charge is 0.386 e. The summed E-state index contributed by atoms with van der Waals surface area (Å²) in [6, 6.07) is 18.8. The Hall–Kier alpha value is -1.35. The summed E-state index contributed by atoms with van der Waals surface area (Å²) in [6.45, 7) is 7.54. The minimum Gasteiger partial charge on any atom is -0.386 e. The van der Waals surface area contributed by atoms with Gasteiger partial charge in [0.15, 0.2) is 5.96 Å². The van der Waals surface area contributed by atoms with E-state index in [9.17, 15) is 5.11 Å². The quantitative estimate of drug-likeness (QED) is 0.261. The second-order valence-corrected chi connectivity index (χ2v) is 8.26. The molecule has 1 aliphatic heterocycles. The van der Waals surface area contributed by atoms with Crippen molar-refractivity contribution in [2.75, 3.05) is 26.2 Å². The number of aliphatic imine (C=N–C) groups is 1. The molecule has 1 saturated heterocycles. The van der Waals surface area contributed by atoms with Crippen molar-refractivity contribution >= 4 is 41.5 Å². The summed E-state index contributed by atoms with van der Waals surface area (Å²) in [6.07, 6.45) is 1.49. The molecule has 0 bridgehead atoms. The molecule has 2 aromatic carbocycles. The summed E-state index contributed by atoms with van der Waals surface area (Å²) in [5, 5.41) is 17.9. The standard InChI is InChI=1S/C24H33ClN4O.HI/c1-3-26-24(27-17-23(30)20-9-11-21(25)12-10-20)28-22-13-15-29(16-14-22)18(2)19-7-5-4-6-8-19;/h4-12,18,22-23,30H,3,13-17H2,1-2H3,(H2,26,27,28);1H. The maximum absolute atomic E-state index is 10.4. The molecule has 1 aliphatic rings. The summed E-state index contributed by atoms with van der Waals surface area (Å²) in [7, 11) is 0. The zero-order valence-electron chi connectivity index (χ0n) is 18.3. The molecule has 1 heterocycles. The lowest BCUT2D eigenvalue weighted by molar-refractivity contribution is 0.158. The van der Waals surface area contributed by atoms with E-state index >= 15 is 0 Å². The highest BCUT2D eigenvalue weighted by Crippen LogP contribution is 2.24. The number of aliphatic hydroxyl groups is 1. The molecule has 0 amide bonds. The minimum atomic E-state index is -0.647. The van der Waals surface area contributed by atoms with Gasteiger partial charge in [-0.1, -0.05) is 54.1 Å². The molecular formula is C24H34ClIN4O. The fourth-order valence-corrected chi connectivity index (χ4v) is 3.98. The van der Waals surface area contributed by atoms with E-state index in [4.69, 9.17) is 11.6 Å². The van der Waals surface area contributed by atoms with E-state index in [0.29, 0.717) is 23.7 Å². The first-order valence-corrected chi connectivity index (χ1v) is 11.2. The van der Waals surface area contributed by atoms with Gasteiger partial charge in [-0.2, -0.15) is 0 Å². The SMILES string of the molecule is CCNC(=NCC(O)c1ccc(Cl)cc1)NC1CCN(C(C)c2ccccc2)CC1.I. The zero-order chi connectivity index (χ0) is 21.3. The number of piperidine rings is 1. The lowest BCUT2D eigenvalue weighted by Crippen LogP contribution is -2.49. The van der Waals surface area contributed by atoms with Crippen molar-refractivity contribution in [2.45, 2.75) is 44.9 Å². The van der Waals surface area contributed by atoms with E-state index in [1.807, 2.05) is 12.1 Å². The van der Waals surface area contributed by atoms with Crippen molar-refractivity contribution in [3.05, 3.63) is 70.7 Å². The van der Waals surface area contributed by atoms with E-state index in [2.05, 4.69) is 64.7 Å². The van der Waals surface area contributed by atoms with Gasteiger partial charge in [0, 0.05) is 36.7 Å². The van der Waals surface area contributed by atoms with Crippen LogP contribution in [-0.4, -0.2) is 48.2 Å². The summed E-state index contributed by atoms with van der Waals surface area (Å²) in [5.41, 5.74) is 2.19. The van der Waals surface area contributed by atoms with Crippen LogP contribution in [0.5, 0.6) is 0 Å². The van der Waals surface area contributed by atoms with Gasteiger partial charge in [-0.15, -0.1) is 24.0 Å². The molecule has 0 radical (unpaired) electrons. The van der Waals surface area contributed by atoms with Gasteiger partial charge in [0.05, 0.1) is 12.6 Å². The third-order valence-corrected chi connectivity index (χ3v) is 5.97. The topological polar surface area (TPSA) is 59.9 Å². The third-order valence-electron chi connectivity index (χ3n) is 5.72. The zero-order valence-corrected chi connectivity index (χ0v) is 21.4. The molecule has 0 aromatic heterocycles. The van der Waals surface area contributed by atoms with Crippen LogP contribution < -0.4 is 10.6 Å². The maximum atomic E-state index is 10.4. The monoisotopic (exact) mass is 556 g/mol. The van der Waals surface area contributed by atoms with Crippen molar-refractivity contribution in [1.82, 2.24) is 15.5 Å². The number of aliphatic hydroxyl groups excluding tert-OH is 1. The van der Waals surface area contributed by atoms with Gasteiger partial charge < -0.3 is 15.7 Å². The van der Waals surface area contributed by atoms with Crippen molar-refractivity contribution < 1.29 is 5.11 Å².